The van der Waals surface area contributed by atoms with E-state index in [9.17, 15) is 0 Å². The Morgan fingerprint density at radius 1 is 0.286 bits per heavy atom. The molecule has 56 heavy (non-hydrogen) atoms. The topological polar surface area (TPSA) is 7.65 Å². The summed E-state index contributed by atoms with van der Waals surface area (Å²) in [5, 5.41) is 2.46. The van der Waals surface area contributed by atoms with Gasteiger partial charge in [0.2, 0.25) is 0 Å². The Labute approximate surface area is 327 Å². The van der Waals surface area contributed by atoms with Gasteiger partial charge in [-0.25, -0.2) is 0 Å². The highest BCUT2D eigenvalue weighted by atomic mass is 15.1. The Morgan fingerprint density at radius 3 is 1.25 bits per heavy atom. The molecule has 10 aromatic rings. The number of rotatable bonds is 8. The van der Waals surface area contributed by atoms with Crippen LogP contribution in [0.1, 0.15) is 0 Å². The molecule has 2 aromatic heterocycles. The van der Waals surface area contributed by atoms with Crippen molar-refractivity contribution in [1.82, 2.24) is 4.40 Å². The number of hydrogen-bond acceptors (Lipinski definition) is 1. The van der Waals surface area contributed by atoms with Gasteiger partial charge in [0.25, 0.3) is 0 Å². The summed E-state index contributed by atoms with van der Waals surface area (Å²) in [4.78, 5) is 2.35. The average molecular weight is 715 g/mol. The molecule has 0 unspecified atom stereocenters. The van der Waals surface area contributed by atoms with Crippen LogP contribution in [0, 0.1) is 0 Å². The van der Waals surface area contributed by atoms with E-state index >= 15 is 0 Å². The number of hydrogen-bond donors (Lipinski definition) is 0. The van der Waals surface area contributed by atoms with E-state index in [0.717, 1.165) is 17.1 Å². The van der Waals surface area contributed by atoms with Crippen LogP contribution in [0.15, 0.2) is 231 Å². The highest BCUT2D eigenvalue weighted by Crippen LogP contribution is 2.46. The van der Waals surface area contributed by atoms with E-state index < -0.39 is 0 Å². The van der Waals surface area contributed by atoms with E-state index in [1.54, 1.807) is 0 Å². The second kappa shape index (κ2) is 14.4. The van der Waals surface area contributed by atoms with Crippen LogP contribution >= 0.6 is 0 Å². The van der Waals surface area contributed by atoms with Gasteiger partial charge in [-0.1, -0.05) is 170 Å². The van der Waals surface area contributed by atoms with Gasteiger partial charge < -0.3 is 9.30 Å². The van der Waals surface area contributed by atoms with E-state index in [-0.39, 0.29) is 0 Å². The van der Waals surface area contributed by atoms with E-state index in [1.165, 1.54) is 72.1 Å². The third-order valence-electron chi connectivity index (χ3n) is 10.8. The summed E-state index contributed by atoms with van der Waals surface area (Å²) < 4.78 is 2.37. The number of nitrogens with zero attached hydrogens (tertiary/aromatic N) is 2. The smallest absolute Gasteiger partial charge is 0.0613 e. The van der Waals surface area contributed by atoms with Crippen molar-refractivity contribution in [3.8, 4) is 55.8 Å². The van der Waals surface area contributed by atoms with Gasteiger partial charge in [0, 0.05) is 34.4 Å². The van der Waals surface area contributed by atoms with Gasteiger partial charge in [-0.15, -0.1) is 0 Å². The third kappa shape index (κ3) is 6.14. The average Bonchev–Trinajstić information content (AvgIpc) is 3.63. The summed E-state index contributed by atoms with van der Waals surface area (Å²) in [6, 6.07) is 80.8. The van der Waals surface area contributed by atoms with E-state index in [4.69, 9.17) is 0 Å². The van der Waals surface area contributed by atoms with Crippen LogP contribution in [-0.2, 0) is 0 Å². The van der Waals surface area contributed by atoms with Crippen molar-refractivity contribution in [3.63, 3.8) is 0 Å². The molecule has 0 fully saturated rings. The number of fused-ring (bicyclic) bond motifs is 2. The maximum absolute atomic E-state index is 2.37. The van der Waals surface area contributed by atoms with Gasteiger partial charge in [-0.2, -0.15) is 0 Å². The van der Waals surface area contributed by atoms with Crippen LogP contribution in [0.25, 0.3) is 72.1 Å². The molecule has 264 valence electrons. The highest BCUT2D eigenvalue weighted by molar-refractivity contribution is 6.04. The number of pyridine rings is 1. The molecule has 0 N–H and O–H groups in total. The lowest BCUT2D eigenvalue weighted by Gasteiger charge is -2.26. The quantitative estimate of drug-likeness (QED) is 0.152. The lowest BCUT2D eigenvalue weighted by Crippen LogP contribution is -2.09. The Hall–Kier alpha value is -7.42. The first kappa shape index (κ1) is 33.2. The van der Waals surface area contributed by atoms with Gasteiger partial charge >= 0.3 is 0 Å². The minimum Gasteiger partial charge on any atom is -0.315 e. The minimum absolute atomic E-state index is 1.09. The predicted molar refractivity (Wildman–Crippen MR) is 237 cm³/mol. The fourth-order valence-electron chi connectivity index (χ4n) is 8.10. The molecule has 10 rings (SSSR count). The Balaban J connectivity index is 1.13. The SMILES string of the molecule is c1ccc(-c2ccc(N(c3ccc(-c4ccccc4)cc3)c3ccc(-c4c(-c5ccccc5)c5ccccn5c4-c4ccc5ccccc5c4)cc3)cc2)cc1. The third-order valence-corrected chi connectivity index (χ3v) is 10.8. The molecule has 0 radical (unpaired) electrons. The lowest BCUT2D eigenvalue weighted by molar-refractivity contribution is 1.21. The highest BCUT2D eigenvalue weighted by Gasteiger charge is 2.23. The maximum atomic E-state index is 2.37. The molecule has 0 aliphatic carbocycles. The molecular weight excluding hydrogens is 677 g/mol. The van der Waals surface area contributed by atoms with E-state index in [2.05, 4.69) is 240 Å². The van der Waals surface area contributed by atoms with Crippen LogP contribution in [0.2, 0.25) is 0 Å². The van der Waals surface area contributed by atoms with Crippen LogP contribution in [-0.4, -0.2) is 4.40 Å². The fraction of sp³-hybridized carbons (Fsp3) is 0. The Bertz CT molecular complexity index is 2830. The molecule has 0 bridgehead atoms. The second-order valence-corrected chi connectivity index (χ2v) is 14.2. The zero-order valence-corrected chi connectivity index (χ0v) is 30.8. The molecule has 2 nitrogen and oxygen atoms in total. The Kier molecular flexibility index (Phi) is 8.55. The predicted octanol–water partition coefficient (Wildman–Crippen LogP) is 14.9. The summed E-state index contributed by atoms with van der Waals surface area (Å²) in [5.74, 6) is 0. The fourth-order valence-corrected chi connectivity index (χ4v) is 8.10. The molecule has 0 spiro atoms. The molecule has 0 saturated carbocycles. The van der Waals surface area contributed by atoms with Crippen molar-refractivity contribution < 1.29 is 0 Å². The van der Waals surface area contributed by atoms with Crippen molar-refractivity contribution in [1.29, 1.82) is 0 Å². The van der Waals surface area contributed by atoms with Crippen LogP contribution < -0.4 is 4.90 Å². The maximum Gasteiger partial charge on any atom is 0.0613 e. The summed E-state index contributed by atoms with van der Waals surface area (Å²) >= 11 is 0. The van der Waals surface area contributed by atoms with Gasteiger partial charge in [0.05, 0.1) is 11.2 Å². The summed E-state index contributed by atoms with van der Waals surface area (Å²) in [7, 11) is 0. The van der Waals surface area contributed by atoms with Gasteiger partial charge in [-0.3, -0.25) is 0 Å². The first-order chi connectivity index (χ1) is 27.8. The summed E-state index contributed by atoms with van der Waals surface area (Å²) in [5.41, 5.74) is 16.4. The van der Waals surface area contributed by atoms with Crippen molar-refractivity contribution in [2.45, 2.75) is 0 Å². The van der Waals surface area contributed by atoms with E-state index in [0.29, 0.717) is 0 Å². The van der Waals surface area contributed by atoms with Gasteiger partial charge in [-0.05, 0) is 104 Å². The van der Waals surface area contributed by atoms with Crippen LogP contribution in [0.4, 0.5) is 17.1 Å². The zero-order valence-electron chi connectivity index (χ0n) is 30.8. The zero-order chi connectivity index (χ0) is 37.3. The molecule has 0 atom stereocenters. The molecule has 8 aromatic carbocycles. The van der Waals surface area contributed by atoms with Crippen molar-refractivity contribution in [2.75, 3.05) is 4.90 Å². The monoisotopic (exact) mass is 714 g/mol. The van der Waals surface area contributed by atoms with Crippen LogP contribution in [0.5, 0.6) is 0 Å². The van der Waals surface area contributed by atoms with Crippen molar-refractivity contribution in [2.24, 2.45) is 0 Å². The summed E-state index contributed by atoms with van der Waals surface area (Å²) in [6.07, 6.45) is 2.20. The largest absolute Gasteiger partial charge is 0.315 e. The number of aromatic nitrogens is 1. The first-order valence-electron chi connectivity index (χ1n) is 19.2. The van der Waals surface area contributed by atoms with Crippen LogP contribution in [0.3, 0.4) is 0 Å². The summed E-state index contributed by atoms with van der Waals surface area (Å²) in [6.45, 7) is 0. The molecule has 0 amide bonds. The van der Waals surface area contributed by atoms with Crippen molar-refractivity contribution >= 4 is 33.4 Å². The van der Waals surface area contributed by atoms with Gasteiger partial charge in [0.15, 0.2) is 0 Å². The first-order valence-corrected chi connectivity index (χ1v) is 19.2. The molecule has 2 heterocycles. The standard InChI is InChI=1S/C54H38N2/c1-4-14-39(15-5-1)42-25-31-48(32-26-42)56(49-33-27-43(28-34-49)40-16-6-2-7-17-40)50-35-29-45(30-36-50)53-52(44-19-8-3-9-20-44)51-22-12-13-37-55(51)54(53)47-24-23-41-18-10-11-21-46(41)38-47/h1-38H. The second-order valence-electron chi connectivity index (χ2n) is 14.2. The molecule has 0 aliphatic rings. The molecule has 0 saturated heterocycles. The molecular formula is C54H38N2. The van der Waals surface area contributed by atoms with Crippen molar-refractivity contribution in [3.05, 3.63) is 231 Å². The molecule has 2 heteroatoms. The number of anilines is 3. The lowest BCUT2D eigenvalue weighted by atomic mass is 9.92. The normalized spacial score (nSPS) is 11.2. The Morgan fingerprint density at radius 2 is 0.696 bits per heavy atom. The van der Waals surface area contributed by atoms with E-state index in [1.807, 2.05) is 0 Å². The minimum atomic E-state index is 1.09. The van der Waals surface area contributed by atoms with Gasteiger partial charge in [0.1, 0.15) is 0 Å². The number of benzene rings is 8. The molecule has 0 aliphatic heterocycles.